The molecule has 0 saturated heterocycles. The van der Waals surface area contributed by atoms with Crippen LogP contribution in [-0.2, 0) is 0 Å². The Kier molecular flexibility index (Phi) is 4.80. The van der Waals surface area contributed by atoms with Crippen molar-refractivity contribution in [3.63, 3.8) is 0 Å². The van der Waals surface area contributed by atoms with E-state index in [-0.39, 0.29) is 5.92 Å². The summed E-state index contributed by atoms with van der Waals surface area (Å²) in [6.45, 7) is 6.42. The Morgan fingerprint density at radius 2 is 2.12 bits per heavy atom. The van der Waals surface area contributed by atoms with Crippen molar-refractivity contribution < 1.29 is 5.11 Å². The molecule has 0 amide bonds. The quantitative estimate of drug-likeness (QED) is 0.792. The van der Waals surface area contributed by atoms with Crippen LogP contribution in [0.2, 0.25) is 0 Å². The lowest BCUT2D eigenvalue weighted by Gasteiger charge is -2.45. The number of hydrogen-bond donors (Lipinski definition) is 1. The van der Waals surface area contributed by atoms with E-state index in [0.717, 1.165) is 32.1 Å². The summed E-state index contributed by atoms with van der Waals surface area (Å²) >= 11 is 0. The molecule has 16 heavy (non-hydrogen) atoms. The molecule has 1 rings (SSSR count). The molecule has 0 spiro atoms. The minimum absolute atomic E-state index is 0.176. The predicted molar refractivity (Wildman–Crippen MR) is 65.8 cm³/mol. The number of nitriles is 1. The fourth-order valence-electron chi connectivity index (χ4n) is 3.27. The molecule has 2 heteroatoms. The van der Waals surface area contributed by atoms with E-state index in [1.165, 1.54) is 6.42 Å². The molecule has 0 heterocycles. The van der Waals surface area contributed by atoms with Crippen LogP contribution >= 0.6 is 0 Å². The predicted octanol–water partition coefficient (Wildman–Crippen LogP) is 3.50. The number of rotatable bonds is 4. The summed E-state index contributed by atoms with van der Waals surface area (Å²) in [5.41, 5.74) is -0.725. The van der Waals surface area contributed by atoms with Gasteiger partial charge >= 0.3 is 0 Å². The smallest absolute Gasteiger partial charge is 0.0835 e. The van der Waals surface area contributed by atoms with E-state index in [1.54, 1.807) is 0 Å². The average molecular weight is 223 g/mol. The highest BCUT2D eigenvalue weighted by molar-refractivity contribution is 5.04. The third-order valence-electron chi connectivity index (χ3n) is 4.13. The Morgan fingerprint density at radius 3 is 2.62 bits per heavy atom. The first-order valence-electron chi connectivity index (χ1n) is 6.68. The lowest BCUT2D eigenvalue weighted by Crippen LogP contribution is -2.48. The van der Waals surface area contributed by atoms with Crippen LogP contribution in [0.1, 0.15) is 59.3 Å². The molecule has 0 radical (unpaired) electrons. The fourth-order valence-corrected chi connectivity index (χ4v) is 3.27. The summed E-state index contributed by atoms with van der Waals surface area (Å²) in [5, 5.41) is 20.1. The second kappa shape index (κ2) is 5.68. The van der Waals surface area contributed by atoms with Gasteiger partial charge in [-0.15, -0.1) is 0 Å². The normalized spacial score (nSPS) is 32.4. The Bertz CT molecular complexity index is 256. The lowest BCUT2D eigenvalue weighted by molar-refractivity contribution is -0.0963. The summed E-state index contributed by atoms with van der Waals surface area (Å²) in [6.07, 6.45) is 5.97. The minimum Gasteiger partial charge on any atom is -0.388 e. The molecular formula is C14H25NO. The highest BCUT2D eigenvalue weighted by Crippen LogP contribution is 2.44. The zero-order valence-corrected chi connectivity index (χ0v) is 10.9. The van der Waals surface area contributed by atoms with Crippen molar-refractivity contribution in [2.24, 2.45) is 17.8 Å². The van der Waals surface area contributed by atoms with Crippen LogP contribution in [0.4, 0.5) is 0 Å². The summed E-state index contributed by atoms with van der Waals surface area (Å²) in [5.74, 6) is 0.598. The molecule has 1 aliphatic carbocycles. The van der Waals surface area contributed by atoms with Gasteiger partial charge in [0.15, 0.2) is 0 Å². The first kappa shape index (κ1) is 13.5. The molecule has 0 aromatic rings. The molecule has 1 fully saturated rings. The minimum atomic E-state index is -0.725. The molecule has 1 aliphatic rings. The van der Waals surface area contributed by atoms with Crippen molar-refractivity contribution in [1.82, 2.24) is 0 Å². The second-order valence-electron chi connectivity index (χ2n) is 5.56. The standard InChI is InChI=1S/C14H25NO/c1-4-7-12(10-15)14(16)9-6-5-8-13(14)11(2)3/h11-13,16H,4-9H2,1-3H3. The largest absolute Gasteiger partial charge is 0.388 e. The van der Waals surface area contributed by atoms with Crippen LogP contribution in [0.3, 0.4) is 0 Å². The number of hydrogen-bond acceptors (Lipinski definition) is 2. The van der Waals surface area contributed by atoms with Crippen molar-refractivity contribution in [1.29, 1.82) is 5.26 Å². The van der Waals surface area contributed by atoms with E-state index in [4.69, 9.17) is 0 Å². The van der Waals surface area contributed by atoms with Gasteiger partial charge in [0.2, 0.25) is 0 Å². The summed E-state index contributed by atoms with van der Waals surface area (Å²) in [6, 6.07) is 2.35. The molecule has 0 aromatic heterocycles. The lowest BCUT2D eigenvalue weighted by atomic mass is 9.64. The van der Waals surface area contributed by atoms with Crippen molar-refractivity contribution in [3.05, 3.63) is 0 Å². The van der Waals surface area contributed by atoms with Crippen molar-refractivity contribution in [2.75, 3.05) is 0 Å². The Hall–Kier alpha value is -0.550. The monoisotopic (exact) mass is 223 g/mol. The molecule has 3 atom stereocenters. The van der Waals surface area contributed by atoms with E-state index in [9.17, 15) is 10.4 Å². The van der Waals surface area contributed by atoms with E-state index in [1.807, 2.05) is 0 Å². The first-order chi connectivity index (χ1) is 7.56. The second-order valence-corrected chi connectivity index (χ2v) is 5.56. The molecular weight excluding hydrogens is 198 g/mol. The SMILES string of the molecule is CCCC(C#N)C1(O)CCCCC1C(C)C. The van der Waals surface area contributed by atoms with E-state index < -0.39 is 5.60 Å². The maximum Gasteiger partial charge on any atom is 0.0835 e. The van der Waals surface area contributed by atoms with Gasteiger partial charge in [-0.2, -0.15) is 5.26 Å². The van der Waals surface area contributed by atoms with Gasteiger partial charge in [-0.25, -0.2) is 0 Å². The third kappa shape index (κ3) is 2.58. The molecule has 0 aliphatic heterocycles. The molecule has 2 nitrogen and oxygen atoms in total. The summed E-state index contributed by atoms with van der Waals surface area (Å²) in [4.78, 5) is 0. The van der Waals surface area contributed by atoms with Gasteiger partial charge in [0.1, 0.15) is 0 Å². The highest BCUT2D eigenvalue weighted by Gasteiger charge is 2.45. The van der Waals surface area contributed by atoms with Crippen LogP contribution < -0.4 is 0 Å². The summed E-state index contributed by atoms with van der Waals surface area (Å²) < 4.78 is 0. The fraction of sp³-hybridized carbons (Fsp3) is 0.929. The van der Waals surface area contributed by atoms with Crippen LogP contribution in [0, 0.1) is 29.1 Å². The zero-order chi connectivity index (χ0) is 12.2. The zero-order valence-electron chi connectivity index (χ0n) is 10.9. The van der Waals surface area contributed by atoms with Gasteiger partial charge < -0.3 is 5.11 Å². The van der Waals surface area contributed by atoms with Gasteiger partial charge in [-0.05, 0) is 31.1 Å². The van der Waals surface area contributed by atoms with Crippen molar-refractivity contribution >= 4 is 0 Å². The van der Waals surface area contributed by atoms with Crippen LogP contribution in [0.25, 0.3) is 0 Å². The molecule has 0 aromatic carbocycles. The highest BCUT2D eigenvalue weighted by atomic mass is 16.3. The number of nitrogens with zero attached hydrogens (tertiary/aromatic N) is 1. The first-order valence-corrected chi connectivity index (χ1v) is 6.68. The summed E-state index contributed by atoms with van der Waals surface area (Å²) in [7, 11) is 0. The van der Waals surface area contributed by atoms with Crippen LogP contribution in [0.15, 0.2) is 0 Å². The van der Waals surface area contributed by atoms with E-state index in [2.05, 4.69) is 26.8 Å². The molecule has 0 bridgehead atoms. The van der Waals surface area contributed by atoms with Crippen molar-refractivity contribution in [2.45, 2.75) is 64.9 Å². The van der Waals surface area contributed by atoms with Crippen LogP contribution in [0.5, 0.6) is 0 Å². The Balaban J connectivity index is 2.88. The van der Waals surface area contributed by atoms with Crippen LogP contribution in [-0.4, -0.2) is 10.7 Å². The average Bonchev–Trinajstić information content (AvgIpc) is 2.25. The van der Waals surface area contributed by atoms with Gasteiger partial charge in [0, 0.05) is 0 Å². The van der Waals surface area contributed by atoms with Gasteiger partial charge in [0.25, 0.3) is 0 Å². The van der Waals surface area contributed by atoms with E-state index >= 15 is 0 Å². The third-order valence-corrected chi connectivity index (χ3v) is 4.13. The maximum atomic E-state index is 10.9. The molecule has 1 saturated carbocycles. The van der Waals surface area contributed by atoms with E-state index in [0.29, 0.717) is 11.8 Å². The topological polar surface area (TPSA) is 44.0 Å². The number of aliphatic hydroxyl groups is 1. The molecule has 3 unspecified atom stereocenters. The maximum absolute atomic E-state index is 10.9. The van der Waals surface area contributed by atoms with Gasteiger partial charge in [-0.3, -0.25) is 0 Å². The van der Waals surface area contributed by atoms with Crippen molar-refractivity contribution in [3.8, 4) is 6.07 Å². The molecule has 92 valence electrons. The van der Waals surface area contributed by atoms with Gasteiger partial charge in [-0.1, -0.05) is 40.0 Å². The Morgan fingerprint density at radius 1 is 1.44 bits per heavy atom. The van der Waals surface area contributed by atoms with Gasteiger partial charge in [0.05, 0.1) is 17.6 Å². The molecule has 1 N–H and O–H groups in total. The Labute approximate surface area is 99.7 Å².